The number of ether oxygens (including phenoxy) is 1. The number of hydrogen-bond donors (Lipinski definition) is 0. The van der Waals surface area contributed by atoms with Crippen LogP contribution in [0.15, 0.2) is 58.4 Å². The lowest BCUT2D eigenvalue weighted by Gasteiger charge is -2.05. The molecule has 5 heteroatoms. The maximum absolute atomic E-state index is 12.0. The van der Waals surface area contributed by atoms with Crippen LogP contribution in [0.3, 0.4) is 0 Å². The molecule has 1 saturated heterocycles. The van der Waals surface area contributed by atoms with Crippen LogP contribution >= 0.6 is 0 Å². The SMILES string of the molecule is O=C(N=C1CCOC1)c1ccc(-n2ccccc2=O)cc1. The Bertz CT molecular complexity index is 737. The van der Waals surface area contributed by atoms with E-state index >= 15 is 0 Å². The summed E-state index contributed by atoms with van der Waals surface area (Å²) in [5.41, 5.74) is 1.89. The first-order valence-electron chi connectivity index (χ1n) is 6.71. The molecule has 2 heterocycles. The van der Waals surface area contributed by atoms with Gasteiger partial charge in [-0.05, 0) is 30.3 Å². The summed E-state index contributed by atoms with van der Waals surface area (Å²) in [6.45, 7) is 1.06. The van der Waals surface area contributed by atoms with Crippen LogP contribution < -0.4 is 5.56 Å². The summed E-state index contributed by atoms with van der Waals surface area (Å²) in [6, 6.07) is 11.8. The summed E-state index contributed by atoms with van der Waals surface area (Å²) in [5, 5.41) is 0. The lowest BCUT2D eigenvalue weighted by Crippen LogP contribution is -2.15. The molecule has 0 atom stereocenters. The van der Waals surface area contributed by atoms with E-state index in [2.05, 4.69) is 4.99 Å². The maximum atomic E-state index is 12.0. The Labute approximate surface area is 121 Å². The molecule has 1 aromatic heterocycles. The standard InChI is InChI=1S/C16H14N2O3/c19-15-3-1-2-9-18(15)14-6-4-12(5-7-14)16(20)17-13-8-10-21-11-13/h1-7,9H,8,10-11H2. The van der Waals surface area contributed by atoms with E-state index < -0.39 is 0 Å². The molecular weight excluding hydrogens is 268 g/mol. The van der Waals surface area contributed by atoms with Crippen molar-refractivity contribution in [2.24, 2.45) is 4.99 Å². The maximum Gasteiger partial charge on any atom is 0.276 e. The van der Waals surface area contributed by atoms with Crippen LogP contribution in [-0.2, 0) is 4.74 Å². The number of aromatic nitrogens is 1. The lowest BCUT2D eigenvalue weighted by atomic mass is 10.2. The Morgan fingerprint density at radius 3 is 2.62 bits per heavy atom. The van der Waals surface area contributed by atoms with E-state index in [9.17, 15) is 9.59 Å². The van der Waals surface area contributed by atoms with Crippen molar-refractivity contribution in [2.75, 3.05) is 13.2 Å². The third kappa shape index (κ3) is 2.98. The minimum absolute atomic E-state index is 0.111. The number of benzene rings is 1. The molecule has 1 fully saturated rings. The molecule has 1 aliphatic heterocycles. The molecule has 2 aromatic rings. The van der Waals surface area contributed by atoms with Gasteiger partial charge < -0.3 is 4.74 Å². The highest BCUT2D eigenvalue weighted by molar-refractivity contribution is 6.04. The summed E-state index contributed by atoms with van der Waals surface area (Å²) < 4.78 is 6.68. The van der Waals surface area contributed by atoms with Crippen LogP contribution in [0.1, 0.15) is 16.8 Å². The second-order valence-electron chi connectivity index (χ2n) is 4.74. The molecule has 1 aromatic carbocycles. The Morgan fingerprint density at radius 2 is 1.95 bits per heavy atom. The minimum atomic E-state index is -0.276. The van der Waals surface area contributed by atoms with Gasteiger partial charge in [0, 0.05) is 29.9 Å². The Morgan fingerprint density at radius 1 is 1.14 bits per heavy atom. The van der Waals surface area contributed by atoms with E-state index in [1.54, 1.807) is 42.6 Å². The Balaban J connectivity index is 1.84. The number of carbonyl (C=O) groups is 1. The molecule has 0 saturated carbocycles. The van der Waals surface area contributed by atoms with Gasteiger partial charge in [-0.3, -0.25) is 14.2 Å². The van der Waals surface area contributed by atoms with Gasteiger partial charge in [-0.1, -0.05) is 6.07 Å². The fourth-order valence-electron chi connectivity index (χ4n) is 2.15. The quantitative estimate of drug-likeness (QED) is 0.844. The zero-order valence-corrected chi connectivity index (χ0v) is 11.4. The molecule has 0 N–H and O–H groups in total. The number of carbonyl (C=O) groups excluding carboxylic acids is 1. The summed E-state index contributed by atoms with van der Waals surface area (Å²) >= 11 is 0. The number of pyridine rings is 1. The van der Waals surface area contributed by atoms with Crippen LogP contribution in [0.25, 0.3) is 5.69 Å². The smallest absolute Gasteiger partial charge is 0.276 e. The average Bonchev–Trinajstić information content (AvgIpc) is 3.01. The molecular formula is C16H14N2O3. The number of aliphatic imine (C=N–C) groups is 1. The predicted molar refractivity (Wildman–Crippen MR) is 79.2 cm³/mol. The van der Waals surface area contributed by atoms with Crippen LogP contribution in [0.5, 0.6) is 0 Å². The van der Waals surface area contributed by atoms with Gasteiger partial charge in [0.1, 0.15) is 0 Å². The predicted octanol–water partition coefficient (Wildman–Crippen LogP) is 1.84. The van der Waals surface area contributed by atoms with Crippen LogP contribution in [0.2, 0.25) is 0 Å². The zero-order valence-electron chi connectivity index (χ0n) is 11.4. The summed E-state index contributed by atoms with van der Waals surface area (Å²) in [5.74, 6) is -0.276. The van der Waals surface area contributed by atoms with E-state index in [4.69, 9.17) is 4.74 Å². The molecule has 0 spiro atoms. The largest absolute Gasteiger partial charge is 0.375 e. The summed E-state index contributed by atoms with van der Waals surface area (Å²) in [6.07, 6.45) is 2.40. The number of amides is 1. The molecule has 0 unspecified atom stereocenters. The molecule has 21 heavy (non-hydrogen) atoms. The first-order chi connectivity index (χ1) is 10.2. The van der Waals surface area contributed by atoms with Crippen molar-refractivity contribution in [3.8, 4) is 5.69 Å². The molecule has 106 valence electrons. The van der Waals surface area contributed by atoms with Crippen LogP contribution in [-0.4, -0.2) is 29.4 Å². The van der Waals surface area contributed by atoms with Gasteiger partial charge in [0.05, 0.1) is 18.9 Å². The van der Waals surface area contributed by atoms with E-state index in [1.165, 1.54) is 10.6 Å². The molecule has 3 rings (SSSR count). The topological polar surface area (TPSA) is 60.7 Å². The van der Waals surface area contributed by atoms with Gasteiger partial charge in [-0.2, -0.15) is 0 Å². The van der Waals surface area contributed by atoms with E-state index in [0.717, 1.165) is 5.71 Å². The van der Waals surface area contributed by atoms with Gasteiger partial charge in [-0.15, -0.1) is 0 Å². The van der Waals surface area contributed by atoms with Crippen molar-refractivity contribution in [3.05, 3.63) is 64.6 Å². The third-order valence-corrected chi connectivity index (χ3v) is 3.28. The van der Waals surface area contributed by atoms with Gasteiger partial charge in [0.15, 0.2) is 0 Å². The lowest BCUT2D eigenvalue weighted by molar-refractivity contribution is 0.100. The van der Waals surface area contributed by atoms with E-state index in [1.807, 2.05) is 0 Å². The van der Waals surface area contributed by atoms with Crippen molar-refractivity contribution in [2.45, 2.75) is 6.42 Å². The first kappa shape index (κ1) is 13.5. The monoisotopic (exact) mass is 282 g/mol. The average molecular weight is 282 g/mol. The third-order valence-electron chi connectivity index (χ3n) is 3.28. The van der Waals surface area contributed by atoms with E-state index in [0.29, 0.717) is 30.9 Å². The highest BCUT2D eigenvalue weighted by Gasteiger charge is 2.12. The second kappa shape index (κ2) is 5.85. The normalized spacial score (nSPS) is 16.3. The molecule has 0 radical (unpaired) electrons. The van der Waals surface area contributed by atoms with Crippen molar-refractivity contribution in [1.82, 2.24) is 4.57 Å². The number of hydrogen-bond acceptors (Lipinski definition) is 3. The summed E-state index contributed by atoms with van der Waals surface area (Å²) in [4.78, 5) is 27.8. The molecule has 0 aliphatic carbocycles. The number of nitrogens with zero attached hydrogens (tertiary/aromatic N) is 2. The second-order valence-corrected chi connectivity index (χ2v) is 4.74. The molecule has 1 aliphatic rings. The number of rotatable bonds is 2. The highest BCUT2D eigenvalue weighted by atomic mass is 16.5. The van der Waals surface area contributed by atoms with E-state index in [-0.39, 0.29) is 11.5 Å². The first-order valence-corrected chi connectivity index (χ1v) is 6.71. The highest BCUT2D eigenvalue weighted by Crippen LogP contribution is 2.10. The fourth-order valence-corrected chi connectivity index (χ4v) is 2.15. The van der Waals surface area contributed by atoms with Crippen LogP contribution in [0, 0.1) is 0 Å². The van der Waals surface area contributed by atoms with Crippen molar-refractivity contribution >= 4 is 11.6 Å². The molecule has 5 nitrogen and oxygen atoms in total. The van der Waals surface area contributed by atoms with Crippen molar-refractivity contribution < 1.29 is 9.53 Å². The van der Waals surface area contributed by atoms with Gasteiger partial charge in [-0.25, -0.2) is 4.99 Å². The fraction of sp³-hybridized carbons (Fsp3) is 0.188. The van der Waals surface area contributed by atoms with Crippen molar-refractivity contribution in [3.63, 3.8) is 0 Å². The Kier molecular flexibility index (Phi) is 3.75. The van der Waals surface area contributed by atoms with Gasteiger partial charge in [0.25, 0.3) is 11.5 Å². The van der Waals surface area contributed by atoms with Gasteiger partial charge in [0.2, 0.25) is 0 Å². The molecule has 1 amide bonds. The Hall–Kier alpha value is -2.53. The van der Waals surface area contributed by atoms with Crippen molar-refractivity contribution in [1.29, 1.82) is 0 Å². The zero-order chi connectivity index (χ0) is 14.7. The van der Waals surface area contributed by atoms with Gasteiger partial charge >= 0.3 is 0 Å². The molecule has 0 bridgehead atoms. The summed E-state index contributed by atoms with van der Waals surface area (Å²) in [7, 11) is 0. The minimum Gasteiger partial charge on any atom is -0.375 e. The van der Waals surface area contributed by atoms with Crippen LogP contribution in [0.4, 0.5) is 0 Å².